The van der Waals surface area contributed by atoms with E-state index < -0.39 is 0 Å². The summed E-state index contributed by atoms with van der Waals surface area (Å²) < 4.78 is 0. The van der Waals surface area contributed by atoms with Gasteiger partial charge in [0.05, 0.1) is 6.61 Å². The van der Waals surface area contributed by atoms with Crippen LogP contribution < -0.4 is 0 Å². The lowest BCUT2D eigenvalue weighted by Gasteiger charge is -2.00. The smallest absolute Gasteiger partial charge is 0.152 e. The topological polar surface area (TPSA) is 63.1 Å². The molecule has 0 aliphatic rings. The molecule has 0 bridgehead atoms. The molecule has 2 heterocycles. The van der Waals surface area contributed by atoms with Crippen LogP contribution in [0.4, 0.5) is 0 Å². The number of fused-ring (bicyclic) bond motifs is 2. The molecule has 0 fully saturated rings. The molecule has 118 valence electrons. The lowest BCUT2D eigenvalue weighted by Crippen LogP contribution is -1.86. The van der Waals surface area contributed by atoms with E-state index in [1.165, 1.54) is 0 Å². The molecular weight excluding hydrogens is 300 g/mol. The lowest BCUT2D eigenvalue weighted by atomic mass is 10.1. The van der Waals surface area contributed by atoms with Crippen LogP contribution in [0.15, 0.2) is 73.3 Å². The number of carbonyl (C=O) groups excluding carboxylic acids is 1. The van der Waals surface area contributed by atoms with E-state index in [-0.39, 0.29) is 6.61 Å². The number of aldehydes is 1. The maximum atomic E-state index is 10.6. The molecule has 0 saturated heterocycles. The van der Waals surface area contributed by atoms with Crippen molar-refractivity contribution in [3.63, 3.8) is 0 Å². The summed E-state index contributed by atoms with van der Waals surface area (Å²) in [6, 6.07) is 15.6. The number of benzene rings is 2. The number of nitrogens with zero attached hydrogens (tertiary/aromatic N) is 2. The van der Waals surface area contributed by atoms with Crippen molar-refractivity contribution in [1.82, 2.24) is 9.97 Å². The summed E-state index contributed by atoms with van der Waals surface area (Å²) in [6.45, 7) is 0.0500. The number of pyridine rings is 2. The third-order valence-electron chi connectivity index (χ3n) is 3.75. The van der Waals surface area contributed by atoms with Crippen LogP contribution in [-0.4, -0.2) is 21.4 Å². The summed E-state index contributed by atoms with van der Waals surface area (Å²) in [6.07, 6.45) is 7.66. The maximum Gasteiger partial charge on any atom is 0.152 e. The van der Waals surface area contributed by atoms with Crippen LogP contribution >= 0.6 is 0 Å². The van der Waals surface area contributed by atoms with Crippen molar-refractivity contribution in [2.24, 2.45) is 0 Å². The minimum absolute atomic E-state index is 0.0500. The highest BCUT2D eigenvalue weighted by Gasteiger charge is 1.98. The Bertz CT molecular complexity index is 973. The number of aromatic nitrogens is 2. The van der Waals surface area contributed by atoms with Gasteiger partial charge in [-0.2, -0.15) is 0 Å². The third kappa shape index (κ3) is 3.29. The number of hydrogen-bond donors (Lipinski definition) is 1. The largest absolute Gasteiger partial charge is 0.392 e. The summed E-state index contributed by atoms with van der Waals surface area (Å²) in [5, 5.41) is 13.1. The molecule has 4 aromatic rings. The van der Waals surface area contributed by atoms with Crippen LogP contribution in [0.3, 0.4) is 0 Å². The molecule has 0 unspecified atom stereocenters. The maximum absolute atomic E-state index is 10.6. The lowest BCUT2D eigenvalue weighted by molar-refractivity contribution is 0.112. The molecule has 0 aliphatic heterocycles. The Morgan fingerprint density at radius 1 is 0.792 bits per heavy atom. The zero-order valence-corrected chi connectivity index (χ0v) is 13.0. The highest BCUT2D eigenvalue weighted by atomic mass is 16.3. The highest BCUT2D eigenvalue weighted by molar-refractivity contribution is 5.97. The van der Waals surface area contributed by atoms with Gasteiger partial charge in [-0.05, 0) is 10.8 Å². The Labute approximate surface area is 139 Å². The molecule has 0 spiro atoms. The summed E-state index contributed by atoms with van der Waals surface area (Å²) in [4.78, 5) is 18.6. The van der Waals surface area contributed by atoms with Crippen LogP contribution in [0.2, 0.25) is 0 Å². The molecular formula is C20H16N2O2. The second-order valence-electron chi connectivity index (χ2n) is 5.25. The van der Waals surface area contributed by atoms with E-state index in [4.69, 9.17) is 5.11 Å². The summed E-state index contributed by atoms with van der Waals surface area (Å²) in [7, 11) is 0. The van der Waals surface area contributed by atoms with Crippen molar-refractivity contribution < 1.29 is 9.90 Å². The van der Waals surface area contributed by atoms with Gasteiger partial charge in [-0.3, -0.25) is 14.8 Å². The van der Waals surface area contributed by atoms with Gasteiger partial charge in [-0.1, -0.05) is 48.5 Å². The fourth-order valence-electron chi connectivity index (χ4n) is 2.54. The Hall–Kier alpha value is -3.11. The quantitative estimate of drug-likeness (QED) is 0.572. The number of aliphatic hydroxyl groups is 1. The van der Waals surface area contributed by atoms with E-state index in [9.17, 15) is 4.79 Å². The second kappa shape index (κ2) is 7.44. The summed E-state index contributed by atoms with van der Waals surface area (Å²) >= 11 is 0. The van der Waals surface area contributed by atoms with Crippen molar-refractivity contribution in [1.29, 1.82) is 0 Å². The first-order chi connectivity index (χ1) is 11.8. The van der Waals surface area contributed by atoms with E-state index in [0.29, 0.717) is 5.56 Å². The van der Waals surface area contributed by atoms with Crippen molar-refractivity contribution in [3.05, 3.63) is 84.4 Å². The van der Waals surface area contributed by atoms with Gasteiger partial charge < -0.3 is 5.11 Å². The second-order valence-corrected chi connectivity index (χ2v) is 5.25. The van der Waals surface area contributed by atoms with E-state index in [0.717, 1.165) is 33.4 Å². The summed E-state index contributed by atoms with van der Waals surface area (Å²) in [5.74, 6) is 0. The Morgan fingerprint density at radius 3 is 2.04 bits per heavy atom. The average Bonchev–Trinajstić information content (AvgIpc) is 2.67. The van der Waals surface area contributed by atoms with Crippen molar-refractivity contribution in [3.8, 4) is 0 Å². The predicted octanol–water partition coefficient (Wildman–Crippen LogP) is 3.77. The molecule has 4 rings (SSSR count). The van der Waals surface area contributed by atoms with Crippen molar-refractivity contribution in [2.45, 2.75) is 6.61 Å². The summed E-state index contributed by atoms with van der Waals surface area (Å²) in [5.41, 5.74) is 1.53. The van der Waals surface area contributed by atoms with Crippen LogP contribution in [-0.2, 0) is 6.61 Å². The van der Waals surface area contributed by atoms with E-state index >= 15 is 0 Å². The third-order valence-corrected chi connectivity index (χ3v) is 3.75. The van der Waals surface area contributed by atoms with Gasteiger partial charge in [0.15, 0.2) is 6.29 Å². The molecule has 0 aliphatic carbocycles. The Balaban J connectivity index is 0.000000141. The van der Waals surface area contributed by atoms with E-state index in [2.05, 4.69) is 9.97 Å². The number of hydrogen-bond acceptors (Lipinski definition) is 4. The highest BCUT2D eigenvalue weighted by Crippen LogP contribution is 2.16. The first-order valence-electron chi connectivity index (χ1n) is 7.54. The molecule has 0 saturated carbocycles. The van der Waals surface area contributed by atoms with E-state index in [1.54, 1.807) is 24.8 Å². The first kappa shape index (κ1) is 15.8. The van der Waals surface area contributed by atoms with Gasteiger partial charge in [-0.15, -0.1) is 0 Å². The van der Waals surface area contributed by atoms with Crippen LogP contribution in [0.25, 0.3) is 21.5 Å². The van der Waals surface area contributed by atoms with E-state index in [1.807, 2.05) is 48.5 Å². The molecule has 2 aromatic carbocycles. The molecule has 1 N–H and O–H groups in total. The average molecular weight is 316 g/mol. The van der Waals surface area contributed by atoms with Gasteiger partial charge in [0.25, 0.3) is 0 Å². The zero-order valence-electron chi connectivity index (χ0n) is 13.0. The monoisotopic (exact) mass is 316 g/mol. The Kier molecular flexibility index (Phi) is 4.89. The van der Waals surface area contributed by atoms with Crippen molar-refractivity contribution in [2.75, 3.05) is 0 Å². The number of rotatable bonds is 2. The molecule has 2 aromatic heterocycles. The molecule has 0 atom stereocenters. The molecule has 0 amide bonds. The number of carbonyl (C=O) groups is 1. The normalized spacial score (nSPS) is 10.2. The van der Waals surface area contributed by atoms with Gasteiger partial charge in [0.1, 0.15) is 0 Å². The minimum atomic E-state index is 0.0500. The first-order valence-corrected chi connectivity index (χ1v) is 7.54. The SMILES string of the molecule is O=Cc1cncc2ccccc12.OCc1cncc2ccccc12. The standard InChI is InChI=1S/C10H9NO.C10H7NO/c2*12-7-9-6-11-5-8-3-1-2-4-10(8)9/h1-6,12H,7H2;1-7H. The molecule has 24 heavy (non-hydrogen) atoms. The van der Waals surface area contributed by atoms with Crippen LogP contribution in [0, 0.1) is 0 Å². The van der Waals surface area contributed by atoms with Crippen LogP contribution in [0.5, 0.6) is 0 Å². The molecule has 4 nitrogen and oxygen atoms in total. The fraction of sp³-hybridized carbons (Fsp3) is 0.0500. The zero-order chi connectivity index (χ0) is 16.8. The van der Waals surface area contributed by atoms with Crippen LogP contribution in [0.1, 0.15) is 15.9 Å². The van der Waals surface area contributed by atoms with Gasteiger partial charge in [-0.25, -0.2) is 0 Å². The van der Waals surface area contributed by atoms with Gasteiger partial charge >= 0.3 is 0 Å². The molecule has 4 heteroatoms. The van der Waals surface area contributed by atoms with Crippen molar-refractivity contribution >= 4 is 27.8 Å². The molecule has 0 radical (unpaired) electrons. The fourth-order valence-corrected chi connectivity index (χ4v) is 2.54. The predicted molar refractivity (Wildman–Crippen MR) is 94.8 cm³/mol. The Morgan fingerprint density at radius 2 is 1.38 bits per heavy atom. The van der Waals surface area contributed by atoms with Gasteiger partial charge in [0, 0.05) is 46.7 Å². The van der Waals surface area contributed by atoms with Gasteiger partial charge in [0.2, 0.25) is 0 Å². The number of aliphatic hydroxyl groups excluding tert-OH is 1. The minimum Gasteiger partial charge on any atom is -0.392 e.